The SMILES string of the molecule is Cc1ccccc1C(=O)NC(CC(C)C)C(=O)NCCCOC1CCCCC1. The van der Waals surface area contributed by atoms with Gasteiger partial charge in [0.1, 0.15) is 6.04 Å². The Morgan fingerprint density at radius 2 is 1.86 bits per heavy atom. The van der Waals surface area contributed by atoms with Crippen LogP contribution in [-0.2, 0) is 9.53 Å². The van der Waals surface area contributed by atoms with E-state index in [0.29, 0.717) is 37.2 Å². The van der Waals surface area contributed by atoms with Crippen molar-refractivity contribution in [2.75, 3.05) is 13.2 Å². The Morgan fingerprint density at radius 3 is 2.54 bits per heavy atom. The van der Waals surface area contributed by atoms with Gasteiger partial charge in [-0.25, -0.2) is 0 Å². The maximum Gasteiger partial charge on any atom is 0.252 e. The summed E-state index contributed by atoms with van der Waals surface area (Å²) in [5, 5.41) is 5.88. The number of nitrogens with one attached hydrogen (secondary N) is 2. The molecular weight excluding hydrogens is 352 g/mol. The molecule has 1 aromatic carbocycles. The molecule has 1 atom stereocenters. The molecule has 156 valence electrons. The Labute approximate surface area is 169 Å². The van der Waals surface area contributed by atoms with Crippen molar-refractivity contribution in [2.24, 2.45) is 5.92 Å². The molecule has 0 bridgehead atoms. The quantitative estimate of drug-likeness (QED) is 0.596. The minimum atomic E-state index is -0.522. The zero-order chi connectivity index (χ0) is 20.4. The van der Waals surface area contributed by atoms with Crippen LogP contribution < -0.4 is 10.6 Å². The highest BCUT2D eigenvalue weighted by Gasteiger charge is 2.23. The van der Waals surface area contributed by atoms with Gasteiger partial charge in [0.05, 0.1) is 6.10 Å². The molecule has 5 nitrogen and oxygen atoms in total. The largest absolute Gasteiger partial charge is 0.378 e. The van der Waals surface area contributed by atoms with Gasteiger partial charge in [-0.3, -0.25) is 9.59 Å². The molecule has 0 saturated heterocycles. The van der Waals surface area contributed by atoms with Crippen molar-refractivity contribution in [3.8, 4) is 0 Å². The fourth-order valence-corrected chi connectivity index (χ4v) is 3.66. The van der Waals surface area contributed by atoms with Crippen LogP contribution in [0.5, 0.6) is 0 Å². The third-order valence-electron chi connectivity index (χ3n) is 5.24. The van der Waals surface area contributed by atoms with Crippen LogP contribution in [0.15, 0.2) is 24.3 Å². The van der Waals surface area contributed by atoms with E-state index in [2.05, 4.69) is 24.5 Å². The molecule has 2 rings (SSSR count). The maximum atomic E-state index is 12.6. The Morgan fingerprint density at radius 1 is 1.14 bits per heavy atom. The first kappa shape index (κ1) is 22.4. The van der Waals surface area contributed by atoms with Crippen LogP contribution in [0.1, 0.15) is 74.7 Å². The third-order valence-corrected chi connectivity index (χ3v) is 5.24. The molecule has 5 heteroatoms. The van der Waals surface area contributed by atoms with Crippen LogP contribution in [0.2, 0.25) is 0 Å². The second-order valence-electron chi connectivity index (χ2n) is 8.25. The van der Waals surface area contributed by atoms with Crippen molar-refractivity contribution >= 4 is 11.8 Å². The number of carbonyl (C=O) groups is 2. The van der Waals surface area contributed by atoms with Gasteiger partial charge in [-0.2, -0.15) is 0 Å². The molecule has 2 amide bonds. The molecule has 1 aliphatic carbocycles. The van der Waals surface area contributed by atoms with E-state index in [-0.39, 0.29) is 11.8 Å². The molecule has 1 saturated carbocycles. The number of hydrogen-bond donors (Lipinski definition) is 2. The van der Waals surface area contributed by atoms with E-state index < -0.39 is 6.04 Å². The second kappa shape index (κ2) is 11.8. The average molecular weight is 389 g/mol. The third kappa shape index (κ3) is 7.63. The smallest absolute Gasteiger partial charge is 0.252 e. The van der Waals surface area contributed by atoms with E-state index in [0.717, 1.165) is 24.8 Å². The summed E-state index contributed by atoms with van der Waals surface area (Å²) in [4.78, 5) is 25.2. The van der Waals surface area contributed by atoms with Gasteiger partial charge in [0, 0.05) is 18.7 Å². The fourth-order valence-electron chi connectivity index (χ4n) is 3.66. The van der Waals surface area contributed by atoms with Gasteiger partial charge < -0.3 is 15.4 Å². The van der Waals surface area contributed by atoms with E-state index >= 15 is 0 Å². The lowest BCUT2D eigenvalue weighted by molar-refractivity contribution is -0.123. The predicted molar refractivity (Wildman–Crippen MR) is 112 cm³/mol. The number of hydrogen-bond acceptors (Lipinski definition) is 3. The topological polar surface area (TPSA) is 67.4 Å². The minimum Gasteiger partial charge on any atom is -0.378 e. The molecule has 2 N–H and O–H groups in total. The molecule has 0 spiro atoms. The van der Waals surface area contributed by atoms with E-state index in [1.807, 2.05) is 25.1 Å². The second-order valence-corrected chi connectivity index (χ2v) is 8.25. The van der Waals surface area contributed by atoms with Crippen LogP contribution in [0.4, 0.5) is 0 Å². The summed E-state index contributed by atoms with van der Waals surface area (Å²) in [5.41, 5.74) is 1.52. The first-order chi connectivity index (χ1) is 13.5. The highest BCUT2D eigenvalue weighted by Crippen LogP contribution is 2.20. The van der Waals surface area contributed by atoms with E-state index in [4.69, 9.17) is 4.74 Å². The summed E-state index contributed by atoms with van der Waals surface area (Å²) in [6, 6.07) is 6.91. The molecule has 1 unspecified atom stereocenters. The summed E-state index contributed by atoms with van der Waals surface area (Å²) < 4.78 is 5.90. The van der Waals surface area contributed by atoms with Crippen molar-refractivity contribution in [2.45, 2.75) is 77.9 Å². The van der Waals surface area contributed by atoms with E-state index in [1.165, 1.54) is 19.3 Å². The number of rotatable bonds is 10. The van der Waals surface area contributed by atoms with Crippen LogP contribution in [0.3, 0.4) is 0 Å². The van der Waals surface area contributed by atoms with Gasteiger partial charge in [-0.05, 0) is 50.2 Å². The maximum absolute atomic E-state index is 12.6. The lowest BCUT2D eigenvalue weighted by atomic mass is 9.98. The van der Waals surface area contributed by atoms with Crippen molar-refractivity contribution < 1.29 is 14.3 Å². The Hall–Kier alpha value is -1.88. The number of benzene rings is 1. The van der Waals surface area contributed by atoms with Gasteiger partial charge in [0.15, 0.2) is 0 Å². The molecule has 28 heavy (non-hydrogen) atoms. The van der Waals surface area contributed by atoms with Crippen molar-refractivity contribution in [1.29, 1.82) is 0 Å². The molecule has 1 fully saturated rings. The van der Waals surface area contributed by atoms with Gasteiger partial charge in [-0.1, -0.05) is 51.3 Å². The predicted octanol–water partition coefficient (Wildman–Crippen LogP) is 4.00. The standard InChI is InChI=1S/C23H36N2O3/c1-17(2)16-21(25-22(26)20-13-8-7-10-18(20)3)23(27)24-14-9-15-28-19-11-5-4-6-12-19/h7-8,10,13,17,19,21H,4-6,9,11-12,14-16H2,1-3H3,(H,24,27)(H,25,26). The summed E-state index contributed by atoms with van der Waals surface area (Å²) in [5.74, 6) is -0.00427. The van der Waals surface area contributed by atoms with Crippen molar-refractivity contribution in [1.82, 2.24) is 10.6 Å². The minimum absolute atomic E-state index is 0.117. The average Bonchev–Trinajstić information content (AvgIpc) is 2.67. The highest BCUT2D eigenvalue weighted by atomic mass is 16.5. The van der Waals surface area contributed by atoms with Crippen molar-refractivity contribution in [3.05, 3.63) is 35.4 Å². The number of carbonyl (C=O) groups excluding carboxylic acids is 2. The Kier molecular flexibility index (Phi) is 9.48. The summed E-state index contributed by atoms with van der Waals surface area (Å²) in [7, 11) is 0. The normalized spacial score (nSPS) is 16.0. The van der Waals surface area contributed by atoms with Gasteiger partial charge in [0.2, 0.25) is 5.91 Å². The van der Waals surface area contributed by atoms with Crippen LogP contribution in [0.25, 0.3) is 0 Å². The zero-order valence-corrected chi connectivity index (χ0v) is 17.6. The van der Waals surface area contributed by atoms with Crippen LogP contribution in [-0.4, -0.2) is 37.1 Å². The summed E-state index contributed by atoms with van der Waals surface area (Å²) in [6.07, 6.45) is 7.97. The first-order valence-electron chi connectivity index (χ1n) is 10.7. The number of ether oxygens (including phenoxy) is 1. The fraction of sp³-hybridized carbons (Fsp3) is 0.652. The van der Waals surface area contributed by atoms with Gasteiger partial charge >= 0.3 is 0 Å². The lowest BCUT2D eigenvalue weighted by Gasteiger charge is -2.22. The number of aryl methyl sites for hydroxylation is 1. The summed E-state index contributed by atoms with van der Waals surface area (Å²) in [6.45, 7) is 7.25. The molecular formula is C23H36N2O3. The monoisotopic (exact) mass is 388 g/mol. The van der Waals surface area contributed by atoms with E-state index in [9.17, 15) is 9.59 Å². The van der Waals surface area contributed by atoms with Gasteiger partial charge in [0.25, 0.3) is 5.91 Å². The van der Waals surface area contributed by atoms with E-state index in [1.54, 1.807) is 6.07 Å². The lowest BCUT2D eigenvalue weighted by Crippen LogP contribution is -2.47. The summed E-state index contributed by atoms with van der Waals surface area (Å²) >= 11 is 0. The molecule has 1 aromatic rings. The Balaban J connectivity index is 1.78. The highest BCUT2D eigenvalue weighted by molar-refractivity contribution is 5.98. The molecule has 1 aliphatic rings. The first-order valence-corrected chi connectivity index (χ1v) is 10.7. The van der Waals surface area contributed by atoms with Crippen LogP contribution >= 0.6 is 0 Å². The van der Waals surface area contributed by atoms with Gasteiger partial charge in [-0.15, -0.1) is 0 Å². The molecule has 0 aromatic heterocycles. The molecule has 0 aliphatic heterocycles. The van der Waals surface area contributed by atoms with Crippen LogP contribution in [0, 0.1) is 12.8 Å². The zero-order valence-electron chi connectivity index (χ0n) is 17.6. The van der Waals surface area contributed by atoms with Crippen molar-refractivity contribution in [3.63, 3.8) is 0 Å². The molecule has 0 heterocycles. The number of amides is 2. The molecule has 0 radical (unpaired) electrons. The Bertz CT molecular complexity index is 624.